The van der Waals surface area contributed by atoms with Crippen molar-refractivity contribution in [2.24, 2.45) is 0 Å². The first-order valence-electron chi connectivity index (χ1n) is 4.48. The van der Waals surface area contributed by atoms with Crippen molar-refractivity contribution < 1.29 is 13.6 Å². The third kappa shape index (κ3) is 2.10. The Morgan fingerprint density at radius 1 is 1.31 bits per heavy atom. The van der Waals surface area contributed by atoms with Gasteiger partial charge in [-0.3, -0.25) is 4.79 Å². The molecule has 0 radical (unpaired) electrons. The van der Waals surface area contributed by atoms with Crippen molar-refractivity contribution in [2.75, 3.05) is 0 Å². The monoisotopic (exact) mass is 223 g/mol. The second-order valence-corrected chi connectivity index (χ2v) is 3.21. The van der Waals surface area contributed by atoms with E-state index in [9.17, 15) is 13.6 Å². The quantitative estimate of drug-likeness (QED) is 0.739. The molecule has 0 N–H and O–H groups in total. The molecular weight excluding hydrogens is 216 g/mol. The fourth-order valence-electron chi connectivity index (χ4n) is 1.27. The molecule has 0 aliphatic carbocycles. The van der Waals surface area contributed by atoms with Gasteiger partial charge in [0.15, 0.2) is 17.9 Å². The first kappa shape index (κ1) is 10.4. The highest BCUT2D eigenvalue weighted by Crippen LogP contribution is 2.09. The summed E-state index contributed by atoms with van der Waals surface area (Å²) in [4.78, 5) is 10.3. The number of aromatic nitrogens is 3. The van der Waals surface area contributed by atoms with Gasteiger partial charge in [0.05, 0.1) is 12.7 Å². The van der Waals surface area contributed by atoms with E-state index in [1.165, 1.54) is 16.9 Å². The maximum atomic E-state index is 12.9. The third-order valence-electron chi connectivity index (χ3n) is 2.01. The maximum Gasteiger partial charge on any atom is 0.171 e. The van der Waals surface area contributed by atoms with Gasteiger partial charge in [0.1, 0.15) is 5.69 Å². The summed E-state index contributed by atoms with van der Waals surface area (Å²) >= 11 is 0. The van der Waals surface area contributed by atoms with Crippen molar-refractivity contribution >= 4 is 6.29 Å². The number of nitrogens with zero attached hydrogens (tertiary/aromatic N) is 3. The summed E-state index contributed by atoms with van der Waals surface area (Å²) in [5, 5.41) is 7.20. The summed E-state index contributed by atoms with van der Waals surface area (Å²) in [6, 6.07) is 3.57. The molecule has 0 aliphatic heterocycles. The molecule has 16 heavy (non-hydrogen) atoms. The first-order chi connectivity index (χ1) is 7.69. The molecule has 4 nitrogen and oxygen atoms in total. The van der Waals surface area contributed by atoms with Crippen LogP contribution < -0.4 is 0 Å². The van der Waals surface area contributed by atoms with Gasteiger partial charge in [-0.15, -0.1) is 5.10 Å². The average Bonchev–Trinajstić information content (AvgIpc) is 2.71. The topological polar surface area (TPSA) is 47.8 Å². The zero-order chi connectivity index (χ0) is 11.5. The van der Waals surface area contributed by atoms with Crippen LogP contribution in [0, 0.1) is 11.6 Å². The average molecular weight is 223 g/mol. The lowest BCUT2D eigenvalue weighted by Crippen LogP contribution is -2.01. The normalized spacial score (nSPS) is 10.4. The van der Waals surface area contributed by atoms with Crippen molar-refractivity contribution in [3.05, 3.63) is 47.3 Å². The molecule has 0 fully saturated rings. The molecule has 2 aromatic rings. The third-order valence-corrected chi connectivity index (χ3v) is 2.01. The van der Waals surface area contributed by atoms with Crippen molar-refractivity contribution in [2.45, 2.75) is 6.54 Å². The summed E-state index contributed by atoms with van der Waals surface area (Å²) in [6.07, 6.45) is 1.99. The Kier molecular flexibility index (Phi) is 2.72. The fourth-order valence-corrected chi connectivity index (χ4v) is 1.27. The largest absolute Gasteiger partial charge is 0.296 e. The number of halogens is 2. The minimum Gasteiger partial charge on any atom is -0.296 e. The van der Waals surface area contributed by atoms with Gasteiger partial charge in [-0.1, -0.05) is 11.3 Å². The minimum atomic E-state index is -0.909. The van der Waals surface area contributed by atoms with E-state index in [4.69, 9.17) is 0 Å². The fraction of sp³-hybridized carbons (Fsp3) is 0.100. The number of carbonyl (C=O) groups is 1. The van der Waals surface area contributed by atoms with Crippen LogP contribution in [-0.2, 0) is 6.54 Å². The molecule has 0 atom stereocenters. The predicted molar refractivity (Wildman–Crippen MR) is 50.9 cm³/mol. The van der Waals surface area contributed by atoms with Gasteiger partial charge in [-0.2, -0.15) is 0 Å². The van der Waals surface area contributed by atoms with Crippen LogP contribution in [0.2, 0.25) is 0 Å². The minimum absolute atomic E-state index is 0.197. The number of carbonyl (C=O) groups excluding carboxylic acids is 1. The molecule has 0 bridgehead atoms. The highest BCUT2D eigenvalue weighted by atomic mass is 19.2. The first-order valence-corrected chi connectivity index (χ1v) is 4.48. The summed E-state index contributed by atoms with van der Waals surface area (Å²) in [7, 11) is 0. The molecule has 0 amide bonds. The second kappa shape index (κ2) is 4.18. The Hall–Kier alpha value is -2.11. The van der Waals surface area contributed by atoms with Crippen molar-refractivity contribution in [1.82, 2.24) is 15.0 Å². The maximum absolute atomic E-state index is 12.9. The molecule has 1 aromatic heterocycles. The van der Waals surface area contributed by atoms with E-state index in [1.54, 1.807) is 0 Å². The zero-order valence-corrected chi connectivity index (χ0v) is 8.10. The lowest BCUT2D eigenvalue weighted by Gasteiger charge is -2.01. The van der Waals surface area contributed by atoms with Gasteiger partial charge < -0.3 is 0 Å². The number of benzene rings is 1. The number of hydrogen-bond acceptors (Lipinski definition) is 3. The Morgan fingerprint density at radius 2 is 2.12 bits per heavy atom. The van der Waals surface area contributed by atoms with Crippen LogP contribution >= 0.6 is 0 Å². The van der Waals surface area contributed by atoms with Crippen LogP contribution in [0.25, 0.3) is 0 Å². The van der Waals surface area contributed by atoms with Gasteiger partial charge in [-0.05, 0) is 17.7 Å². The highest BCUT2D eigenvalue weighted by Gasteiger charge is 2.04. The molecule has 2 rings (SSSR count). The molecule has 82 valence electrons. The SMILES string of the molecule is O=Cc1cn(Cc2ccc(F)c(F)c2)nn1. The summed E-state index contributed by atoms with van der Waals surface area (Å²) in [5.74, 6) is -1.80. The van der Waals surface area contributed by atoms with Gasteiger partial charge in [-0.25, -0.2) is 13.5 Å². The second-order valence-electron chi connectivity index (χ2n) is 3.21. The lowest BCUT2D eigenvalue weighted by atomic mass is 10.2. The molecule has 0 saturated carbocycles. The number of rotatable bonds is 3. The zero-order valence-electron chi connectivity index (χ0n) is 8.10. The molecule has 1 heterocycles. The van der Waals surface area contributed by atoms with Gasteiger partial charge >= 0.3 is 0 Å². The van der Waals surface area contributed by atoms with Crippen LogP contribution in [0.4, 0.5) is 8.78 Å². The number of aldehydes is 1. The van der Waals surface area contributed by atoms with E-state index in [-0.39, 0.29) is 12.2 Å². The van der Waals surface area contributed by atoms with E-state index < -0.39 is 11.6 Å². The van der Waals surface area contributed by atoms with E-state index in [0.717, 1.165) is 12.1 Å². The van der Waals surface area contributed by atoms with Crippen LogP contribution in [-0.4, -0.2) is 21.3 Å². The molecule has 0 aliphatic rings. The smallest absolute Gasteiger partial charge is 0.171 e. The Balaban J connectivity index is 2.20. The van der Waals surface area contributed by atoms with E-state index in [1.807, 2.05) is 0 Å². The van der Waals surface area contributed by atoms with Crippen LogP contribution in [0.5, 0.6) is 0 Å². The Morgan fingerprint density at radius 3 is 2.75 bits per heavy atom. The van der Waals surface area contributed by atoms with Crippen molar-refractivity contribution in [3.63, 3.8) is 0 Å². The van der Waals surface area contributed by atoms with Gasteiger partial charge in [0, 0.05) is 0 Å². The Labute approximate surface area is 89.5 Å². The Bertz CT molecular complexity index is 525. The van der Waals surface area contributed by atoms with Gasteiger partial charge in [0.25, 0.3) is 0 Å². The van der Waals surface area contributed by atoms with Crippen LogP contribution in [0.3, 0.4) is 0 Å². The summed E-state index contributed by atoms with van der Waals surface area (Å²) in [5.41, 5.74) is 0.740. The van der Waals surface area contributed by atoms with Crippen molar-refractivity contribution in [3.8, 4) is 0 Å². The molecule has 1 aromatic carbocycles. The summed E-state index contributed by atoms with van der Waals surface area (Å²) in [6.45, 7) is 0.234. The molecule has 0 unspecified atom stereocenters. The number of hydrogen-bond donors (Lipinski definition) is 0. The standard InChI is InChI=1S/C10H7F2N3O/c11-9-2-1-7(3-10(9)12)4-15-5-8(6-16)13-14-15/h1-3,5-6H,4H2. The van der Waals surface area contributed by atoms with Crippen LogP contribution in [0.15, 0.2) is 24.4 Å². The predicted octanol–water partition coefficient (Wildman–Crippen LogP) is 1.42. The molecule has 6 heteroatoms. The molecular formula is C10H7F2N3O. The molecule has 0 spiro atoms. The van der Waals surface area contributed by atoms with E-state index in [2.05, 4.69) is 10.3 Å². The molecule has 0 saturated heterocycles. The van der Waals surface area contributed by atoms with E-state index >= 15 is 0 Å². The van der Waals surface area contributed by atoms with Gasteiger partial charge in [0.2, 0.25) is 0 Å². The van der Waals surface area contributed by atoms with Crippen molar-refractivity contribution in [1.29, 1.82) is 0 Å². The van der Waals surface area contributed by atoms with Crippen LogP contribution in [0.1, 0.15) is 16.1 Å². The highest BCUT2D eigenvalue weighted by molar-refractivity contribution is 5.70. The lowest BCUT2D eigenvalue weighted by molar-refractivity contribution is 0.111. The summed E-state index contributed by atoms with van der Waals surface area (Å²) < 4.78 is 26.9. The van der Waals surface area contributed by atoms with E-state index in [0.29, 0.717) is 11.8 Å².